The number of nitrogens with zero attached hydrogens (tertiary/aromatic N) is 2. The van der Waals surface area contributed by atoms with Crippen LogP contribution in [0.5, 0.6) is 0 Å². The summed E-state index contributed by atoms with van der Waals surface area (Å²) >= 11 is 0. The van der Waals surface area contributed by atoms with Gasteiger partial charge < -0.3 is 9.47 Å². The highest BCUT2D eigenvalue weighted by atomic mass is 15.1. The van der Waals surface area contributed by atoms with E-state index in [1.807, 2.05) is 0 Å². The fourth-order valence-electron chi connectivity index (χ4n) is 12.6. The standard InChI is InChI=1S/C64H44N2/c1-63(2)53-27-11-6-22-48(53)51-26-17-33-59(62(51)63)65(44-38-39-50-49-23-10-15-32-58(49)66(60(50)40-44)42-18-4-3-5-19-42)43-36-34-41(35-37-43)45-25-16-31-57-61(45)52-24-9-14-30-56(52)64(57)54-28-12-7-20-46(54)47-21-8-13-29-55(47)64/h3-40H,1-2H3. The first-order valence-electron chi connectivity index (χ1n) is 23.2. The van der Waals surface area contributed by atoms with Crippen LogP contribution >= 0.6 is 0 Å². The zero-order valence-corrected chi connectivity index (χ0v) is 36.8. The molecule has 0 saturated carbocycles. The van der Waals surface area contributed by atoms with Crippen molar-refractivity contribution in [2.24, 2.45) is 0 Å². The van der Waals surface area contributed by atoms with Crippen molar-refractivity contribution < 1.29 is 0 Å². The third kappa shape index (κ3) is 4.85. The van der Waals surface area contributed by atoms with Gasteiger partial charge in [-0.15, -0.1) is 0 Å². The number of hydrogen-bond donors (Lipinski definition) is 0. The summed E-state index contributed by atoms with van der Waals surface area (Å²) in [5, 5.41) is 2.49. The maximum absolute atomic E-state index is 2.51. The third-order valence-corrected chi connectivity index (χ3v) is 15.2. The third-order valence-electron chi connectivity index (χ3n) is 15.2. The number of aromatic nitrogens is 1. The van der Waals surface area contributed by atoms with Crippen LogP contribution in [0, 0.1) is 0 Å². The monoisotopic (exact) mass is 840 g/mol. The summed E-state index contributed by atoms with van der Waals surface area (Å²) in [6, 6.07) is 86.1. The molecular formula is C64H44N2. The van der Waals surface area contributed by atoms with Crippen molar-refractivity contribution in [2.45, 2.75) is 24.7 Å². The topological polar surface area (TPSA) is 8.17 Å². The molecule has 2 heteroatoms. The molecule has 14 rings (SSSR count). The zero-order chi connectivity index (χ0) is 43.7. The van der Waals surface area contributed by atoms with Crippen LogP contribution in [0.3, 0.4) is 0 Å². The molecule has 1 spiro atoms. The Morgan fingerprint density at radius 3 is 1.61 bits per heavy atom. The van der Waals surface area contributed by atoms with E-state index in [-0.39, 0.29) is 10.8 Å². The van der Waals surface area contributed by atoms with Crippen molar-refractivity contribution in [1.82, 2.24) is 4.57 Å². The second-order valence-corrected chi connectivity index (χ2v) is 18.8. The van der Waals surface area contributed by atoms with Crippen LogP contribution in [0.25, 0.3) is 72.0 Å². The lowest BCUT2D eigenvalue weighted by atomic mass is 9.70. The molecule has 66 heavy (non-hydrogen) atoms. The Morgan fingerprint density at radius 1 is 0.364 bits per heavy atom. The van der Waals surface area contributed by atoms with Crippen LogP contribution in [0.2, 0.25) is 0 Å². The van der Waals surface area contributed by atoms with Gasteiger partial charge in [0.1, 0.15) is 0 Å². The van der Waals surface area contributed by atoms with Crippen LogP contribution in [0.4, 0.5) is 17.1 Å². The van der Waals surface area contributed by atoms with Gasteiger partial charge in [-0.25, -0.2) is 0 Å². The Balaban J connectivity index is 0.979. The van der Waals surface area contributed by atoms with Crippen molar-refractivity contribution in [3.05, 3.63) is 264 Å². The van der Waals surface area contributed by atoms with E-state index in [0.29, 0.717) is 0 Å². The molecule has 0 N–H and O–H groups in total. The van der Waals surface area contributed by atoms with Gasteiger partial charge in [-0.2, -0.15) is 0 Å². The minimum absolute atomic E-state index is 0.213. The lowest BCUT2D eigenvalue weighted by Crippen LogP contribution is -2.25. The maximum Gasteiger partial charge on any atom is 0.0725 e. The Labute approximate surface area is 385 Å². The van der Waals surface area contributed by atoms with Gasteiger partial charge in [0.2, 0.25) is 0 Å². The van der Waals surface area contributed by atoms with Crippen molar-refractivity contribution in [3.8, 4) is 50.2 Å². The quantitative estimate of drug-likeness (QED) is 0.168. The number of fused-ring (bicyclic) bond motifs is 16. The van der Waals surface area contributed by atoms with Crippen LogP contribution in [-0.4, -0.2) is 4.57 Å². The van der Waals surface area contributed by atoms with Gasteiger partial charge >= 0.3 is 0 Å². The highest BCUT2D eigenvalue weighted by Crippen LogP contribution is 2.64. The number of hydrogen-bond acceptors (Lipinski definition) is 1. The molecule has 0 bridgehead atoms. The van der Waals surface area contributed by atoms with Gasteiger partial charge in [0.05, 0.1) is 22.1 Å². The fraction of sp³-hybridized carbons (Fsp3) is 0.0625. The molecule has 1 heterocycles. The summed E-state index contributed by atoms with van der Waals surface area (Å²) in [5.74, 6) is 0. The van der Waals surface area contributed by atoms with Gasteiger partial charge in [-0.3, -0.25) is 0 Å². The molecule has 0 atom stereocenters. The zero-order valence-electron chi connectivity index (χ0n) is 36.8. The number of para-hydroxylation sites is 2. The molecule has 11 aromatic rings. The average molecular weight is 841 g/mol. The van der Waals surface area contributed by atoms with Gasteiger partial charge in [0, 0.05) is 33.2 Å². The van der Waals surface area contributed by atoms with Gasteiger partial charge in [-0.05, 0) is 126 Å². The van der Waals surface area contributed by atoms with E-state index in [4.69, 9.17) is 0 Å². The first-order valence-corrected chi connectivity index (χ1v) is 23.2. The summed E-state index contributed by atoms with van der Waals surface area (Å²) < 4.78 is 2.42. The smallest absolute Gasteiger partial charge is 0.0725 e. The Kier molecular flexibility index (Phi) is 7.70. The van der Waals surface area contributed by atoms with E-state index in [9.17, 15) is 0 Å². The molecule has 3 aliphatic rings. The van der Waals surface area contributed by atoms with Crippen molar-refractivity contribution in [1.29, 1.82) is 0 Å². The normalized spacial score (nSPS) is 14.2. The number of rotatable bonds is 5. The Bertz CT molecular complexity index is 3750. The predicted octanol–water partition coefficient (Wildman–Crippen LogP) is 16.6. The highest BCUT2D eigenvalue weighted by molar-refractivity contribution is 6.10. The van der Waals surface area contributed by atoms with E-state index in [1.54, 1.807) is 0 Å². The minimum Gasteiger partial charge on any atom is -0.310 e. The molecule has 0 unspecified atom stereocenters. The summed E-state index contributed by atoms with van der Waals surface area (Å²) in [4.78, 5) is 2.51. The van der Waals surface area contributed by atoms with E-state index < -0.39 is 0 Å². The Morgan fingerprint density at radius 2 is 0.879 bits per heavy atom. The Hall–Kier alpha value is -8.20. The maximum atomic E-state index is 2.51. The van der Waals surface area contributed by atoms with Gasteiger partial charge in [0.15, 0.2) is 0 Å². The van der Waals surface area contributed by atoms with E-state index in [0.717, 1.165) is 17.1 Å². The first-order chi connectivity index (χ1) is 32.5. The van der Waals surface area contributed by atoms with Crippen LogP contribution in [0.15, 0.2) is 231 Å². The average Bonchev–Trinajstić information content (AvgIpc) is 4.05. The molecule has 2 nitrogen and oxygen atoms in total. The van der Waals surface area contributed by atoms with Crippen LogP contribution in [0.1, 0.15) is 47.2 Å². The molecule has 0 radical (unpaired) electrons. The second kappa shape index (κ2) is 13.7. The minimum atomic E-state index is -0.384. The molecule has 0 amide bonds. The summed E-state index contributed by atoms with van der Waals surface area (Å²) in [6.07, 6.45) is 0. The molecule has 10 aromatic carbocycles. The number of benzene rings is 10. The summed E-state index contributed by atoms with van der Waals surface area (Å²) in [6.45, 7) is 4.78. The molecule has 310 valence electrons. The van der Waals surface area contributed by atoms with E-state index >= 15 is 0 Å². The second-order valence-electron chi connectivity index (χ2n) is 18.8. The lowest BCUT2D eigenvalue weighted by Gasteiger charge is -2.32. The molecule has 1 aromatic heterocycles. The molecule has 3 aliphatic carbocycles. The van der Waals surface area contributed by atoms with Crippen molar-refractivity contribution in [2.75, 3.05) is 4.90 Å². The molecule has 0 aliphatic heterocycles. The summed E-state index contributed by atoms with van der Waals surface area (Å²) in [7, 11) is 0. The summed E-state index contributed by atoms with van der Waals surface area (Å²) in [5.41, 5.74) is 24.9. The molecule has 0 saturated heterocycles. The first kappa shape index (κ1) is 37.2. The van der Waals surface area contributed by atoms with Crippen molar-refractivity contribution >= 4 is 38.9 Å². The van der Waals surface area contributed by atoms with Crippen LogP contribution < -0.4 is 4.90 Å². The van der Waals surface area contributed by atoms with Crippen LogP contribution in [-0.2, 0) is 10.8 Å². The SMILES string of the molecule is CC1(C)c2ccccc2-c2cccc(N(c3ccc(-c4cccc5c4-c4ccccc4C54c5ccccc5-c5ccccc54)cc3)c3ccc4c5ccccc5n(-c5ccccc5)c4c3)c21. The number of anilines is 3. The van der Waals surface area contributed by atoms with E-state index in [1.165, 1.54) is 105 Å². The predicted molar refractivity (Wildman–Crippen MR) is 275 cm³/mol. The lowest BCUT2D eigenvalue weighted by molar-refractivity contribution is 0.661. The van der Waals surface area contributed by atoms with Gasteiger partial charge in [0.25, 0.3) is 0 Å². The molecular weight excluding hydrogens is 797 g/mol. The van der Waals surface area contributed by atoms with E-state index in [2.05, 4.69) is 254 Å². The molecule has 0 fully saturated rings. The fourth-order valence-corrected chi connectivity index (χ4v) is 12.6. The van der Waals surface area contributed by atoms with Crippen molar-refractivity contribution in [3.63, 3.8) is 0 Å². The van der Waals surface area contributed by atoms with Gasteiger partial charge in [-0.1, -0.05) is 196 Å². The highest BCUT2D eigenvalue weighted by Gasteiger charge is 2.52. The largest absolute Gasteiger partial charge is 0.310 e.